The van der Waals surface area contributed by atoms with Crippen LogP contribution in [0.5, 0.6) is 0 Å². The first-order chi connectivity index (χ1) is 8.20. The molecule has 1 N–H and O–H groups in total. The van der Waals surface area contributed by atoms with Gasteiger partial charge in [0.25, 0.3) is 0 Å². The molecule has 1 atom stereocenters. The molecule has 0 aliphatic rings. The van der Waals surface area contributed by atoms with E-state index in [0.717, 1.165) is 17.7 Å². The van der Waals surface area contributed by atoms with Gasteiger partial charge >= 0.3 is 0 Å². The molecule has 17 heavy (non-hydrogen) atoms. The van der Waals surface area contributed by atoms with Crippen molar-refractivity contribution in [1.29, 1.82) is 0 Å². The van der Waals surface area contributed by atoms with Crippen LogP contribution in [0.4, 0.5) is 0 Å². The number of rotatable bonds is 4. The lowest BCUT2D eigenvalue weighted by Gasteiger charge is -2.11. The highest BCUT2D eigenvalue weighted by Gasteiger charge is 2.12. The second-order valence-electron chi connectivity index (χ2n) is 3.95. The van der Waals surface area contributed by atoms with Crippen molar-refractivity contribution in [1.82, 2.24) is 9.78 Å². The fraction of sp³-hybridized carbons (Fsp3) is 0.308. The highest BCUT2D eigenvalue weighted by atomic mass is 35.5. The Labute approximate surface area is 106 Å². The molecule has 0 aliphatic heterocycles. The normalized spacial score (nSPS) is 12.6. The molecule has 0 saturated heterocycles. The Morgan fingerprint density at radius 2 is 2.18 bits per heavy atom. The van der Waals surface area contributed by atoms with E-state index in [1.54, 1.807) is 12.3 Å². The van der Waals surface area contributed by atoms with Gasteiger partial charge in [0.1, 0.15) is 0 Å². The summed E-state index contributed by atoms with van der Waals surface area (Å²) < 4.78 is 1.84. The van der Waals surface area contributed by atoms with Crippen molar-refractivity contribution < 1.29 is 5.11 Å². The van der Waals surface area contributed by atoms with Crippen molar-refractivity contribution in [2.45, 2.75) is 26.0 Å². The van der Waals surface area contributed by atoms with Gasteiger partial charge in [-0.3, -0.25) is 4.68 Å². The van der Waals surface area contributed by atoms with E-state index in [-0.39, 0.29) is 0 Å². The maximum atomic E-state index is 10.1. The summed E-state index contributed by atoms with van der Waals surface area (Å²) >= 11 is 6.04. The first-order valence-corrected chi connectivity index (χ1v) is 6.02. The molecular weight excluding hydrogens is 236 g/mol. The minimum atomic E-state index is -0.585. The lowest BCUT2D eigenvalue weighted by molar-refractivity contribution is 0.178. The van der Waals surface area contributed by atoms with E-state index in [4.69, 9.17) is 11.6 Å². The second-order valence-corrected chi connectivity index (χ2v) is 4.35. The van der Waals surface area contributed by atoms with Crippen LogP contribution in [0, 0.1) is 0 Å². The molecule has 0 fully saturated rings. The van der Waals surface area contributed by atoms with Crippen LogP contribution < -0.4 is 0 Å². The smallest absolute Gasteiger partial charge is 0.0845 e. The molecule has 2 rings (SSSR count). The number of aromatic nitrogens is 2. The third-order valence-electron chi connectivity index (χ3n) is 2.70. The number of aliphatic hydroxyl groups excluding tert-OH is 1. The SMILES string of the molecule is CCn1cc(CC(O)c2ccccc2Cl)cn1. The molecule has 1 unspecified atom stereocenters. The van der Waals surface area contributed by atoms with Crippen LogP contribution in [0.25, 0.3) is 0 Å². The van der Waals surface area contributed by atoms with E-state index >= 15 is 0 Å². The number of hydrogen-bond donors (Lipinski definition) is 1. The Bertz CT molecular complexity index is 496. The fourth-order valence-corrected chi connectivity index (χ4v) is 2.02. The molecule has 0 amide bonds. The fourth-order valence-electron chi connectivity index (χ4n) is 1.76. The quantitative estimate of drug-likeness (QED) is 0.906. The van der Waals surface area contributed by atoms with Gasteiger partial charge in [0.05, 0.1) is 12.3 Å². The molecule has 4 heteroatoms. The predicted octanol–water partition coefficient (Wildman–Crippen LogP) is 2.83. The molecule has 0 spiro atoms. The first-order valence-electron chi connectivity index (χ1n) is 5.64. The van der Waals surface area contributed by atoms with Crippen LogP contribution in [0.15, 0.2) is 36.7 Å². The monoisotopic (exact) mass is 250 g/mol. The summed E-state index contributed by atoms with van der Waals surface area (Å²) in [6, 6.07) is 7.36. The summed E-state index contributed by atoms with van der Waals surface area (Å²) in [6.07, 6.45) is 3.67. The maximum absolute atomic E-state index is 10.1. The molecular formula is C13H15ClN2O. The maximum Gasteiger partial charge on any atom is 0.0845 e. The van der Waals surface area contributed by atoms with Gasteiger partial charge in [-0.1, -0.05) is 29.8 Å². The van der Waals surface area contributed by atoms with Crippen molar-refractivity contribution in [2.24, 2.45) is 0 Å². The largest absolute Gasteiger partial charge is 0.388 e. The lowest BCUT2D eigenvalue weighted by Crippen LogP contribution is -2.02. The van der Waals surface area contributed by atoms with Gasteiger partial charge in [-0.15, -0.1) is 0 Å². The summed E-state index contributed by atoms with van der Waals surface area (Å²) in [5, 5.41) is 14.9. The summed E-state index contributed by atoms with van der Waals surface area (Å²) in [4.78, 5) is 0. The zero-order valence-corrected chi connectivity index (χ0v) is 10.4. The predicted molar refractivity (Wildman–Crippen MR) is 68.0 cm³/mol. The number of hydrogen-bond acceptors (Lipinski definition) is 2. The van der Waals surface area contributed by atoms with Crippen molar-refractivity contribution in [2.75, 3.05) is 0 Å². The van der Waals surface area contributed by atoms with Crippen LogP contribution >= 0.6 is 11.6 Å². The third-order valence-corrected chi connectivity index (χ3v) is 3.05. The standard InChI is InChI=1S/C13H15ClN2O/c1-2-16-9-10(8-15-16)7-13(17)11-5-3-4-6-12(11)14/h3-6,8-9,13,17H,2,7H2,1H3. The minimum absolute atomic E-state index is 0.531. The van der Waals surface area contributed by atoms with Crippen LogP contribution in [-0.4, -0.2) is 14.9 Å². The number of aryl methyl sites for hydroxylation is 1. The van der Waals surface area contributed by atoms with Gasteiger partial charge in [-0.25, -0.2) is 0 Å². The van der Waals surface area contributed by atoms with Gasteiger partial charge in [0.15, 0.2) is 0 Å². The van der Waals surface area contributed by atoms with Gasteiger partial charge in [-0.05, 0) is 24.1 Å². The summed E-state index contributed by atoms with van der Waals surface area (Å²) in [7, 11) is 0. The lowest BCUT2D eigenvalue weighted by atomic mass is 10.0. The second kappa shape index (κ2) is 5.34. The Kier molecular flexibility index (Phi) is 3.82. The molecule has 0 radical (unpaired) electrons. The van der Waals surface area contributed by atoms with Gasteiger partial charge in [-0.2, -0.15) is 5.10 Å². The Morgan fingerprint density at radius 1 is 1.41 bits per heavy atom. The van der Waals surface area contributed by atoms with Crippen molar-refractivity contribution in [3.05, 3.63) is 52.8 Å². The highest BCUT2D eigenvalue weighted by molar-refractivity contribution is 6.31. The van der Waals surface area contributed by atoms with Crippen molar-refractivity contribution in [3.8, 4) is 0 Å². The van der Waals surface area contributed by atoms with E-state index in [2.05, 4.69) is 5.10 Å². The number of aliphatic hydroxyl groups is 1. The van der Waals surface area contributed by atoms with E-state index < -0.39 is 6.10 Å². The third kappa shape index (κ3) is 2.87. The molecule has 1 aromatic heterocycles. The van der Waals surface area contributed by atoms with Gasteiger partial charge in [0, 0.05) is 24.2 Å². The molecule has 1 aromatic carbocycles. The molecule has 0 bridgehead atoms. The number of benzene rings is 1. The van der Waals surface area contributed by atoms with E-state index in [9.17, 15) is 5.11 Å². The summed E-state index contributed by atoms with van der Waals surface area (Å²) in [6.45, 7) is 2.86. The zero-order valence-electron chi connectivity index (χ0n) is 9.68. The zero-order chi connectivity index (χ0) is 12.3. The van der Waals surface area contributed by atoms with E-state index in [0.29, 0.717) is 11.4 Å². The average molecular weight is 251 g/mol. The summed E-state index contributed by atoms with van der Waals surface area (Å²) in [5.41, 5.74) is 1.78. The molecule has 3 nitrogen and oxygen atoms in total. The molecule has 90 valence electrons. The van der Waals surface area contributed by atoms with Crippen LogP contribution in [-0.2, 0) is 13.0 Å². The number of halogens is 1. The van der Waals surface area contributed by atoms with Crippen LogP contribution in [0.3, 0.4) is 0 Å². The topological polar surface area (TPSA) is 38.0 Å². The van der Waals surface area contributed by atoms with Gasteiger partial charge < -0.3 is 5.11 Å². The van der Waals surface area contributed by atoms with E-state index in [1.807, 2.05) is 36.0 Å². The van der Waals surface area contributed by atoms with Crippen molar-refractivity contribution >= 4 is 11.6 Å². The molecule has 0 aliphatic carbocycles. The first kappa shape index (κ1) is 12.1. The minimum Gasteiger partial charge on any atom is -0.388 e. The van der Waals surface area contributed by atoms with Crippen LogP contribution in [0.1, 0.15) is 24.2 Å². The average Bonchev–Trinajstić information content (AvgIpc) is 2.77. The van der Waals surface area contributed by atoms with E-state index in [1.165, 1.54) is 0 Å². The Hall–Kier alpha value is -1.32. The molecule has 0 saturated carbocycles. The molecule has 1 heterocycles. The Morgan fingerprint density at radius 3 is 2.82 bits per heavy atom. The van der Waals surface area contributed by atoms with Crippen molar-refractivity contribution in [3.63, 3.8) is 0 Å². The van der Waals surface area contributed by atoms with Crippen LogP contribution in [0.2, 0.25) is 5.02 Å². The molecule has 2 aromatic rings. The van der Waals surface area contributed by atoms with Gasteiger partial charge in [0.2, 0.25) is 0 Å². The summed E-state index contributed by atoms with van der Waals surface area (Å²) in [5.74, 6) is 0. The highest BCUT2D eigenvalue weighted by Crippen LogP contribution is 2.25. The Balaban J connectivity index is 2.11. The number of nitrogens with zero attached hydrogens (tertiary/aromatic N) is 2.